The lowest BCUT2D eigenvalue weighted by Gasteiger charge is -2.29. The van der Waals surface area contributed by atoms with Crippen molar-refractivity contribution < 1.29 is 14.3 Å². The maximum absolute atomic E-state index is 11.8. The molecule has 0 saturated carbocycles. The Balaban J connectivity index is 2.68. The summed E-state index contributed by atoms with van der Waals surface area (Å²) in [5.74, 6) is 0. The van der Waals surface area contributed by atoms with Crippen molar-refractivity contribution >= 4 is 12.4 Å². The van der Waals surface area contributed by atoms with E-state index in [1.165, 1.54) is 4.90 Å². The second kappa shape index (κ2) is 4.21. The van der Waals surface area contributed by atoms with E-state index in [-0.39, 0.29) is 18.2 Å². The van der Waals surface area contributed by atoms with Crippen LogP contribution in [0.2, 0.25) is 0 Å². The predicted molar refractivity (Wildman–Crippen MR) is 56.6 cm³/mol. The number of carbonyl (C=O) groups excluding carboxylic acids is 2. The highest BCUT2D eigenvalue weighted by molar-refractivity contribution is 5.74. The first kappa shape index (κ1) is 12.0. The van der Waals surface area contributed by atoms with Crippen molar-refractivity contribution in [1.82, 2.24) is 4.90 Å². The zero-order valence-electron chi connectivity index (χ0n) is 9.82. The Morgan fingerprint density at radius 2 is 2.00 bits per heavy atom. The van der Waals surface area contributed by atoms with E-state index in [2.05, 4.69) is 0 Å². The van der Waals surface area contributed by atoms with Gasteiger partial charge in [-0.1, -0.05) is 0 Å². The summed E-state index contributed by atoms with van der Waals surface area (Å²) in [5.41, 5.74) is -0.507. The lowest BCUT2D eigenvalue weighted by atomic mass is 10.2. The molecule has 0 N–H and O–H groups in total. The molecule has 0 spiro atoms. The summed E-state index contributed by atoms with van der Waals surface area (Å²) in [6.45, 7) is 7.40. The van der Waals surface area contributed by atoms with Crippen LogP contribution in [0.25, 0.3) is 0 Å². The molecule has 1 amide bonds. The van der Waals surface area contributed by atoms with E-state index in [0.717, 1.165) is 19.1 Å². The minimum absolute atomic E-state index is 0.0926. The lowest BCUT2D eigenvalue weighted by Crippen LogP contribution is -2.43. The summed E-state index contributed by atoms with van der Waals surface area (Å²) in [6, 6.07) is -0.218. The Morgan fingerprint density at radius 3 is 2.47 bits per heavy atom. The maximum Gasteiger partial charge on any atom is 0.411 e. The van der Waals surface area contributed by atoms with Gasteiger partial charge in [-0.3, -0.25) is 4.90 Å². The molecule has 2 atom stereocenters. The molecule has 1 rings (SSSR count). The average molecular weight is 213 g/mol. The van der Waals surface area contributed by atoms with Crippen molar-refractivity contribution in [1.29, 1.82) is 0 Å². The van der Waals surface area contributed by atoms with Gasteiger partial charge < -0.3 is 9.53 Å². The average Bonchev–Trinajstić information content (AvgIpc) is 2.43. The number of likely N-dealkylation sites (tertiary alicyclic amines) is 1. The van der Waals surface area contributed by atoms with Gasteiger partial charge in [-0.2, -0.15) is 0 Å². The van der Waals surface area contributed by atoms with Crippen molar-refractivity contribution in [3.63, 3.8) is 0 Å². The van der Waals surface area contributed by atoms with Gasteiger partial charge in [0.15, 0.2) is 0 Å². The molecule has 2 unspecified atom stereocenters. The monoisotopic (exact) mass is 213 g/mol. The van der Waals surface area contributed by atoms with Crippen molar-refractivity contribution in [3.05, 3.63) is 0 Å². The molecule has 0 aromatic rings. The lowest BCUT2D eigenvalue weighted by molar-refractivity contribution is -0.112. The van der Waals surface area contributed by atoms with E-state index >= 15 is 0 Å². The summed E-state index contributed by atoms with van der Waals surface area (Å²) < 4.78 is 5.25. The van der Waals surface area contributed by atoms with Crippen LogP contribution in [0.4, 0.5) is 4.79 Å². The molecule has 0 aliphatic carbocycles. The molecule has 1 saturated heterocycles. The number of hydrogen-bond donors (Lipinski definition) is 0. The zero-order valence-corrected chi connectivity index (χ0v) is 9.82. The molecule has 0 aromatic carbocycles. The van der Waals surface area contributed by atoms with E-state index in [0.29, 0.717) is 0 Å². The molecule has 0 aromatic heterocycles. The van der Waals surface area contributed by atoms with E-state index in [1.807, 2.05) is 27.7 Å². The Hall–Kier alpha value is -1.06. The van der Waals surface area contributed by atoms with Gasteiger partial charge in [0, 0.05) is 6.04 Å². The van der Waals surface area contributed by atoms with Crippen LogP contribution >= 0.6 is 0 Å². The number of ether oxygens (including phenoxy) is 1. The third-order valence-electron chi connectivity index (χ3n) is 2.47. The minimum Gasteiger partial charge on any atom is -0.444 e. The Bertz CT molecular complexity index is 257. The van der Waals surface area contributed by atoms with Gasteiger partial charge in [0.2, 0.25) is 0 Å². The van der Waals surface area contributed by atoms with Gasteiger partial charge in [0.05, 0.1) is 6.04 Å². The molecule has 1 aliphatic rings. The quantitative estimate of drug-likeness (QED) is 0.626. The number of carbonyl (C=O) groups is 2. The molecular weight excluding hydrogens is 194 g/mol. The van der Waals surface area contributed by atoms with Crippen LogP contribution in [0.3, 0.4) is 0 Å². The molecular formula is C11H19NO3. The Labute approximate surface area is 90.6 Å². The van der Waals surface area contributed by atoms with E-state index in [9.17, 15) is 9.59 Å². The van der Waals surface area contributed by atoms with E-state index in [4.69, 9.17) is 4.74 Å². The summed E-state index contributed by atoms with van der Waals surface area (Å²) in [4.78, 5) is 24.1. The highest BCUT2D eigenvalue weighted by atomic mass is 16.6. The molecule has 1 aliphatic heterocycles. The summed E-state index contributed by atoms with van der Waals surface area (Å²) >= 11 is 0. The first-order valence-electron chi connectivity index (χ1n) is 5.32. The maximum atomic E-state index is 11.8. The highest BCUT2D eigenvalue weighted by Crippen LogP contribution is 2.24. The summed E-state index contributed by atoms with van der Waals surface area (Å²) in [7, 11) is 0. The predicted octanol–water partition coefficient (Wildman–Crippen LogP) is 1.97. The minimum atomic E-state index is -0.507. The number of rotatable bonds is 1. The van der Waals surface area contributed by atoms with Crippen molar-refractivity contribution in [2.24, 2.45) is 0 Å². The summed E-state index contributed by atoms with van der Waals surface area (Å²) in [5, 5.41) is 0. The second-order valence-corrected chi connectivity index (χ2v) is 5.02. The molecule has 15 heavy (non-hydrogen) atoms. The van der Waals surface area contributed by atoms with Crippen LogP contribution in [0.15, 0.2) is 0 Å². The second-order valence-electron chi connectivity index (χ2n) is 5.02. The van der Waals surface area contributed by atoms with Crippen LogP contribution in [-0.2, 0) is 9.53 Å². The molecule has 4 nitrogen and oxygen atoms in total. The SMILES string of the molecule is CC1CCC(C=O)N1C(=O)OC(C)(C)C. The smallest absolute Gasteiger partial charge is 0.411 e. The number of amides is 1. The van der Waals surface area contributed by atoms with Crippen molar-refractivity contribution in [2.75, 3.05) is 0 Å². The van der Waals surface area contributed by atoms with Gasteiger partial charge >= 0.3 is 6.09 Å². The van der Waals surface area contributed by atoms with Crippen LogP contribution in [0.1, 0.15) is 40.5 Å². The molecule has 0 bridgehead atoms. The highest BCUT2D eigenvalue weighted by Gasteiger charge is 2.36. The van der Waals surface area contributed by atoms with Gasteiger partial charge in [-0.25, -0.2) is 4.79 Å². The van der Waals surface area contributed by atoms with Crippen LogP contribution in [-0.4, -0.2) is 35.0 Å². The van der Waals surface area contributed by atoms with Crippen molar-refractivity contribution in [3.8, 4) is 0 Å². The standard InChI is InChI=1S/C11H19NO3/c1-8-5-6-9(7-13)12(8)10(14)15-11(2,3)4/h7-9H,5-6H2,1-4H3. The number of nitrogens with zero attached hydrogens (tertiary/aromatic N) is 1. The molecule has 0 radical (unpaired) electrons. The van der Waals surface area contributed by atoms with Gasteiger partial charge in [0.1, 0.15) is 11.9 Å². The molecule has 1 fully saturated rings. The largest absolute Gasteiger partial charge is 0.444 e. The van der Waals surface area contributed by atoms with Gasteiger partial charge in [-0.15, -0.1) is 0 Å². The zero-order chi connectivity index (χ0) is 11.6. The van der Waals surface area contributed by atoms with Crippen LogP contribution in [0.5, 0.6) is 0 Å². The van der Waals surface area contributed by atoms with Crippen LogP contribution in [0, 0.1) is 0 Å². The molecule has 4 heteroatoms. The third kappa shape index (κ3) is 2.94. The first-order valence-corrected chi connectivity index (χ1v) is 5.32. The number of aldehydes is 1. The number of hydrogen-bond acceptors (Lipinski definition) is 3. The van der Waals surface area contributed by atoms with E-state index < -0.39 is 5.60 Å². The van der Waals surface area contributed by atoms with Gasteiger partial charge in [0.25, 0.3) is 0 Å². The molecule has 1 heterocycles. The first-order chi connectivity index (χ1) is 6.85. The third-order valence-corrected chi connectivity index (χ3v) is 2.47. The fraction of sp³-hybridized carbons (Fsp3) is 0.818. The fourth-order valence-corrected chi connectivity index (χ4v) is 1.78. The van der Waals surface area contributed by atoms with E-state index in [1.54, 1.807) is 0 Å². The van der Waals surface area contributed by atoms with Gasteiger partial charge in [-0.05, 0) is 40.5 Å². The van der Waals surface area contributed by atoms with Crippen LogP contribution < -0.4 is 0 Å². The van der Waals surface area contributed by atoms with Crippen molar-refractivity contribution in [2.45, 2.75) is 58.2 Å². The normalized spacial score (nSPS) is 26.5. The Morgan fingerprint density at radius 1 is 1.40 bits per heavy atom. The topological polar surface area (TPSA) is 46.6 Å². The summed E-state index contributed by atoms with van der Waals surface area (Å²) in [6.07, 6.45) is 2.05. The fourth-order valence-electron chi connectivity index (χ4n) is 1.78. The molecule has 86 valence electrons. The Kier molecular flexibility index (Phi) is 3.37.